The number of anilines is 1. The van der Waals surface area contributed by atoms with E-state index in [1.807, 2.05) is 18.3 Å². The average molecular weight is 558 g/mol. The van der Waals surface area contributed by atoms with Crippen molar-refractivity contribution in [2.75, 3.05) is 4.90 Å². The van der Waals surface area contributed by atoms with Crippen LogP contribution in [0.15, 0.2) is 48.7 Å². The number of halogens is 1. The van der Waals surface area contributed by atoms with E-state index in [-0.39, 0.29) is 12.1 Å². The van der Waals surface area contributed by atoms with Crippen LogP contribution in [0.1, 0.15) is 60.4 Å². The molecule has 166 valence electrons. The van der Waals surface area contributed by atoms with Crippen molar-refractivity contribution in [3.05, 3.63) is 74.9 Å². The van der Waals surface area contributed by atoms with Crippen molar-refractivity contribution >= 4 is 45.6 Å². The number of nitrogens with zero attached hydrogens (tertiary/aromatic N) is 2. The predicted octanol–water partition coefficient (Wildman–Crippen LogP) is 6.13. The lowest BCUT2D eigenvalue weighted by molar-refractivity contribution is 0.210. The Balaban J connectivity index is 1.53. The third-order valence-corrected chi connectivity index (χ3v) is 8.16. The van der Waals surface area contributed by atoms with Crippen molar-refractivity contribution in [1.29, 1.82) is 0 Å². The van der Waals surface area contributed by atoms with Gasteiger partial charge in [-0.3, -0.25) is 4.98 Å². The van der Waals surface area contributed by atoms with Crippen LogP contribution in [0.2, 0.25) is 0 Å². The van der Waals surface area contributed by atoms with E-state index in [0.717, 1.165) is 35.7 Å². The molecule has 2 aromatic heterocycles. The van der Waals surface area contributed by atoms with Crippen LogP contribution in [-0.4, -0.2) is 21.2 Å². The fourth-order valence-corrected chi connectivity index (χ4v) is 6.14. The van der Waals surface area contributed by atoms with Crippen LogP contribution in [-0.2, 0) is 0 Å². The number of aromatic nitrogens is 2. The highest BCUT2D eigenvalue weighted by Gasteiger charge is 2.43. The molecular formula is C25H27IN4OS. The molecule has 5 rings (SSSR count). The molecule has 2 atom stereocenters. The highest BCUT2D eigenvalue weighted by molar-refractivity contribution is 14.1. The minimum absolute atomic E-state index is 0.00384. The molecule has 3 heterocycles. The van der Waals surface area contributed by atoms with E-state index in [4.69, 9.17) is 17.0 Å². The predicted molar refractivity (Wildman–Crippen MR) is 140 cm³/mol. The topological polar surface area (TPSA) is 53.2 Å². The molecule has 2 fully saturated rings. The van der Waals surface area contributed by atoms with Crippen LogP contribution in [0.5, 0.6) is 5.75 Å². The van der Waals surface area contributed by atoms with E-state index in [0.29, 0.717) is 11.2 Å². The summed E-state index contributed by atoms with van der Waals surface area (Å²) in [5.74, 6) is 0.930. The molecule has 0 spiro atoms. The van der Waals surface area contributed by atoms with Gasteiger partial charge in [0.2, 0.25) is 0 Å². The number of rotatable bonds is 5. The van der Waals surface area contributed by atoms with Crippen LogP contribution in [0, 0.1) is 17.4 Å². The molecule has 1 aromatic carbocycles. The Morgan fingerprint density at radius 1 is 1.06 bits per heavy atom. The Hall–Kier alpha value is -2.13. The number of nitrogens with one attached hydrogen (secondary N) is 2. The first kappa shape index (κ1) is 21.7. The third-order valence-electron chi connectivity index (χ3n) is 6.46. The van der Waals surface area contributed by atoms with Crippen LogP contribution < -0.4 is 15.0 Å². The van der Waals surface area contributed by atoms with E-state index in [1.165, 1.54) is 27.7 Å². The van der Waals surface area contributed by atoms with Gasteiger partial charge >= 0.3 is 0 Å². The molecular weight excluding hydrogens is 531 g/mol. The monoisotopic (exact) mass is 558 g/mol. The molecule has 0 amide bonds. The fraction of sp³-hybridized carbons (Fsp3) is 0.360. The molecule has 0 unspecified atom stereocenters. The van der Waals surface area contributed by atoms with Crippen molar-refractivity contribution in [3.63, 3.8) is 0 Å². The van der Waals surface area contributed by atoms with Gasteiger partial charge in [0.15, 0.2) is 5.11 Å². The van der Waals surface area contributed by atoms with Gasteiger partial charge < -0.3 is 19.9 Å². The van der Waals surface area contributed by atoms with Crippen LogP contribution in [0.4, 0.5) is 5.69 Å². The summed E-state index contributed by atoms with van der Waals surface area (Å²) < 4.78 is 7.42. The number of ether oxygens (including phenoxy) is 1. The Morgan fingerprint density at radius 3 is 2.44 bits per heavy atom. The van der Waals surface area contributed by atoms with Gasteiger partial charge in [0.25, 0.3) is 0 Å². The highest BCUT2D eigenvalue weighted by atomic mass is 127. The molecule has 3 aromatic rings. The largest absolute Gasteiger partial charge is 0.490 e. The van der Waals surface area contributed by atoms with E-state index in [2.05, 4.69) is 87.0 Å². The van der Waals surface area contributed by atoms with Crippen molar-refractivity contribution < 1.29 is 4.74 Å². The lowest BCUT2D eigenvalue weighted by Crippen LogP contribution is -2.29. The first-order chi connectivity index (χ1) is 15.5. The molecule has 1 saturated carbocycles. The first-order valence-corrected chi connectivity index (χ1v) is 12.6. The standard InChI is InChI=1S/C25H27IN4OS/c1-15-21(22(26)16(2)28-15)24-23(20-9-5-6-14-27-20)29-25(32)30(24)17-10-12-19(13-11-17)31-18-7-3-4-8-18/h5-6,9-14,18,23-24,28H,3-4,7-8H2,1-2H3,(H,29,32)/t23-,24-/m0/s1. The highest BCUT2D eigenvalue weighted by Crippen LogP contribution is 2.44. The number of benzene rings is 1. The molecule has 2 aliphatic rings. The Bertz CT molecular complexity index is 1110. The van der Waals surface area contributed by atoms with Crippen LogP contribution in [0.3, 0.4) is 0 Å². The van der Waals surface area contributed by atoms with E-state index < -0.39 is 0 Å². The minimum Gasteiger partial charge on any atom is -0.490 e. The number of hydrogen-bond donors (Lipinski definition) is 2. The molecule has 0 bridgehead atoms. The number of aryl methyl sites for hydroxylation is 2. The third kappa shape index (κ3) is 4.01. The molecule has 7 heteroatoms. The molecule has 1 aliphatic heterocycles. The van der Waals surface area contributed by atoms with Gasteiger partial charge in [0.1, 0.15) is 5.75 Å². The summed E-state index contributed by atoms with van der Waals surface area (Å²) in [4.78, 5) is 10.4. The summed E-state index contributed by atoms with van der Waals surface area (Å²) in [6.45, 7) is 4.26. The number of aromatic amines is 1. The molecule has 32 heavy (non-hydrogen) atoms. The smallest absolute Gasteiger partial charge is 0.174 e. The maximum absolute atomic E-state index is 6.18. The van der Waals surface area contributed by atoms with Gasteiger partial charge in [-0.1, -0.05) is 6.07 Å². The minimum atomic E-state index is -0.0412. The number of pyridine rings is 1. The van der Waals surface area contributed by atoms with Gasteiger partial charge in [-0.2, -0.15) is 0 Å². The second-order valence-electron chi connectivity index (χ2n) is 8.62. The molecule has 0 radical (unpaired) electrons. The summed E-state index contributed by atoms with van der Waals surface area (Å²) in [7, 11) is 0. The Labute approximate surface area is 208 Å². The van der Waals surface area contributed by atoms with Crippen molar-refractivity contribution in [1.82, 2.24) is 15.3 Å². The van der Waals surface area contributed by atoms with Crippen molar-refractivity contribution in [2.45, 2.75) is 57.7 Å². The fourth-order valence-electron chi connectivity index (χ4n) is 4.93. The summed E-state index contributed by atoms with van der Waals surface area (Å²) in [6.07, 6.45) is 7.03. The van der Waals surface area contributed by atoms with Gasteiger partial charge in [-0.25, -0.2) is 0 Å². The lowest BCUT2D eigenvalue weighted by Gasteiger charge is -2.28. The van der Waals surface area contributed by atoms with E-state index in [1.54, 1.807) is 0 Å². The Kier molecular flexibility index (Phi) is 6.11. The van der Waals surface area contributed by atoms with Gasteiger partial charge in [-0.15, -0.1) is 0 Å². The van der Waals surface area contributed by atoms with Gasteiger partial charge in [0.05, 0.1) is 23.9 Å². The zero-order valence-electron chi connectivity index (χ0n) is 18.3. The average Bonchev–Trinajstić information content (AvgIpc) is 3.48. The van der Waals surface area contributed by atoms with Gasteiger partial charge in [0, 0.05) is 32.4 Å². The van der Waals surface area contributed by atoms with Crippen molar-refractivity contribution in [2.24, 2.45) is 0 Å². The molecule has 5 nitrogen and oxygen atoms in total. The normalized spacial score (nSPS) is 21.2. The van der Waals surface area contributed by atoms with E-state index >= 15 is 0 Å². The van der Waals surface area contributed by atoms with Gasteiger partial charge in [-0.05, 0) is 111 Å². The summed E-state index contributed by atoms with van der Waals surface area (Å²) >= 11 is 8.31. The number of thiocarbonyl (C=S) groups is 1. The maximum atomic E-state index is 6.18. The summed E-state index contributed by atoms with van der Waals surface area (Å²) in [6, 6.07) is 14.4. The molecule has 2 N–H and O–H groups in total. The van der Waals surface area contributed by atoms with Crippen LogP contribution >= 0.6 is 34.8 Å². The second kappa shape index (κ2) is 9.02. The SMILES string of the molecule is Cc1[nH]c(C)c([C@H]2[C@H](c3ccccn3)NC(=S)N2c2ccc(OC3CCCC3)cc2)c1I. The second-order valence-corrected chi connectivity index (χ2v) is 10.1. The zero-order valence-corrected chi connectivity index (χ0v) is 21.2. The summed E-state index contributed by atoms with van der Waals surface area (Å²) in [5, 5.41) is 4.26. The van der Waals surface area contributed by atoms with E-state index in [9.17, 15) is 0 Å². The molecule has 1 saturated heterocycles. The summed E-state index contributed by atoms with van der Waals surface area (Å²) in [5.41, 5.74) is 5.64. The maximum Gasteiger partial charge on any atom is 0.174 e. The number of H-pyrrole nitrogens is 1. The van der Waals surface area contributed by atoms with Crippen molar-refractivity contribution in [3.8, 4) is 5.75 Å². The lowest BCUT2D eigenvalue weighted by atomic mass is 9.96. The zero-order chi connectivity index (χ0) is 22.2. The quantitative estimate of drug-likeness (QED) is 0.292. The Morgan fingerprint density at radius 2 is 1.81 bits per heavy atom. The first-order valence-electron chi connectivity index (χ1n) is 11.1. The van der Waals surface area contributed by atoms with Crippen LogP contribution in [0.25, 0.3) is 0 Å². The number of hydrogen-bond acceptors (Lipinski definition) is 3. The molecule has 1 aliphatic carbocycles.